The molecule has 1 N–H and O–H groups in total. The number of aliphatic hydroxyl groups excluding tert-OH is 1. The van der Waals surface area contributed by atoms with E-state index in [1.807, 2.05) is 0 Å². The summed E-state index contributed by atoms with van der Waals surface area (Å²) in [5.74, 6) is 0. The second-order valence-corrected chi connectivity index (χ2v) is 6.40. The van der Waals surface area contributed by atoms with Crippen LogP contribution in [0, 0.1) is 0 Å². The maximum absolute atomic E-state index is 12.5. The summed E-state index contributed by atoms with van der Waals surface area (Å²) in [5, 5.41) is 8.40. The third-order valence-electron chi connectivity index (χ3n) is 2.84. The van der Waals surface area contributed by atoms with E-state index in [9.17, 15) is 21.6 Å². The third kappa shape index (κ3) is 3.47. The van der Waals surface area contributed by atoms with Crippen molar-refractivity contribution in [3.8, 4) is 0 Å². The second kappa shape index (κ2) is 5.30. The van der Waals surface area contributed by atoms with E-state index in [-0.39, 0.29) is 6.61 Å². The summed E-state index contributed by atoms with van der Waals surface area (Å²) in [4.78, 5) is 3.63. The van der Waals surface area contributed by atoms with Crippen LogP contribution in [0.2, 0.25) is 0 Å². The molecule has 1 heterocycles. The van der Waals surface area contributed by atoms with Crippen molar-refractivity contribution < 1.29 is 26.7 Å². The molecule has 0 atom stereocenters. The Balaban J connectivity index is 2.29. The Labute approximate surface area is 114 Å². The number of nitrogens with zero attached hydrogens (tertiary/aromatic N) is 2. The van der Waals surface area contributed by atoms with Gasteiger partial charge in [-0.2, -0.15) is 17.5 Å². The number of alkyl halides is 3. The topological polar surface area (TPSA) is 70.5 Å². The Morgan fingerprint density at radius 2 is 2.00 bits per heavy atom. The van der Waals surface area contributed by atoms with Crippen LogP contribution < -0.4 is 0 Å². The van der Waals surface area contributed by atoms with Crippen LogP contribution in [0.5, 0.6) is 0 Å². The number of aliphatic hydroxyl groups is 1. The number of halogens is 3. The van der Waals surface area contributed by atoms with Crippen LogP contribution in [0.1, 0.15) is 18.4 Å². The summed E-state index contributed by atoms with van der Waals surface area (Å²) in [6.07, 6.45) is -2.62. The molecular weight excluding hydrogens is 297 g/mol. The minimum atomic E-state index is -4.60. The fourth-order valence-electron chi connectivity index (χ4n) is 1.73. The molecule has 0 aromatic carbocycles. The molecular formula is C11H13F3N2O3S. The van der Waals surface area contributed by atoms with Crippen molar-refractivity contribution in [3.63, 3.8) is 0 Å². The Hall–Kier alpha value is -1.19. The lowest BCUT2D eigenvalue weighted by atomic mass is 10.3. The zero-order chi connectivity index (χ0) is 15.0. The average Bonchev–Trinajstić information content (AvgIpc) is 3.19. The molecule has 1 aromatic rings. The van der Waals surface area contributed by atoms with E-state index < -0.39 is 33.8 Å². The van der Waals surface area contributed by atoms with Crippen LogP contribution in [0.15, 0.2) is 23.4 Å². The molecule has 2 rings (SSSR count). The van der Waals surface area contributed by atoms with Crippen molar-refractivity contribution in [2.75, 3.05) is 6.54 Å². The standard InChI is InChI=1S/C11H13F3N2O3S/c12-11(13,14)7-16(9-2-3-9)20(18,19)10-4-1-8(6-17)5-15-10/h1,4-5,9,17H,2-3,6-7H2. The molecule has 0 spiro atoms. The van der Waals surface area contributed by atoms with Gasteiger partial charge in [0.2, 0.25) is 0 Å². The molecule has 5 nitrogen and oxygen atoms in total. The second-order valence-electron chi connectivity index (χ2n) is 4.56. The van der Waals surface area contributed by atoms with Crippen LogP contribution in [0.25, 0.3) is 0 Å². The number of pyridine rings is 1. The van der Waals surface area contributed by atoms with E-state index in [4.69, 9.17) is 5.11 Å². The Kier molecular flexibility index (Phi) is 4.03. The molecule has 0 unspecified atom stereocenters. The van der Waals surface area contributed by atoms with E-state index in [1.165, 1.54) is 6.07 Å². The molecule has 9 heteroatoms. The van der Waals surface area contributed by atoms with Crippen LogP contribution in [0.3, 0.4) is 0 Å². The largest absolute Gasteiger partial charge is 0.402 e. The van der Waals surface area contributed by atoms with Crippen molar-refractivity contribution in [3.05, 3.63) is 23.9 Å². The van der Waals surface area contributed by atoms with Gasteiger partial charge in [0.15, 0.2) is 5.03 Å². The minimum Gasteiger partial charge on any atom is -0.392 e. The van der Waals surface area contributed by atoms with Crippen molar-refractivity contribution in [1.82, 2.24) is 9.29 Å². The van der Waals surface area contributed by atoms with Gasteiger partial charge in [-0.15, -0.1) is 0 Å². The van der Waals surface area contributed by atoms with Gasteiger partial charge in [-0.3, -0.25) is 0 Å². The number of hydrogen-bond acceptors (Lipinski definition) is 4. The fourth-order valence-corrected chi connectivity index (χ4v) is 3.31. The van der Waals surface area contributed by atoms with Crippen molar-refractivity contribution >= 4 is 10.0 Å². The van der Waals surface area contributed by atoms with Gasteiger partial charge in [-0.1, -0.05) is 6.07 Å². The van der Waals surface area contributed by atoms with Gasteiger partial charge in [0, 0.05) is 12.2 Å². The maximum Gasteiger partial charge on any atom is 0.402 e. The molecule has 1 fully saturated rings. The smallest absolute Gasteiger partial charge is 0.392 e. The van der Waals surface area contributed by atoms with Gasteiger partial charge >= 0.3 is 6.18 Å². The molecule has 20 heavy (non-hydrogen) atoms. The lowest BCUT2D eigenvalue weighted by Crippen LogP contribution is -2.40. The molecule has 112 valence electrons. The minimum absolute atomic E-state index is 0.317. The van der Waals surface area contributed by atoms with E-state index in [0.717, 1.165) is 12.3 Å². The molecule has 1 aromatic heterocycles. The first-order valence-corrected chi connectivity index (χ1v) is 7.32. The lowest BCUT2D eigenvalue weighted by molar-refractivity contribution is -0.137. The number of sulfonamides is 1. The molecule has 0 amide bonds. The van der Waals surface area contributed by atoms with Crippen molar-refractivity contribution in [1.29, 1.82) is 0 Å². The molecule has 0 aliphatic heterocycles. The van der Waals surface area contributed by atoms with Crippen LogP contribution in [-0.4, -0.2) is 41.6 Å². The fraction of sp³-hybridized carbons (Fsp3) is 0.545. The quantitative estimate of drug-likeness (QED) is 0.889. The summed E-state index contributed by atoms with van der Waals surface area (Å²) in [6.45, 7) is -1.83. The zero-order valence-corrected chi connectivity index (χ0v) is 11.2. The van der Waals surface area contributed by atoms with E-state index >= 15 is 0 Å². The maximum atomic E-state index is 12.5. The Morgan fingerprint density at radius 1 is 1.35 bits per heavy atom. The predicted octanol–water partition coefficient (Wildman–Crippen LogP) is 1.29. The molecule has 0 radical (unpaired) electrons. The molecule has 1 aliphatic carbocycles. The first-order chi connectivity index (χ1) is 9.24. The normalized spacial score (nSPS) is 16.6. The van der Waals surface area contributed by atoms with E-state index in [2.05, 4.69) is 4.98 Å². The summed E-state index contributed by atoms with van der Waals surface area (Å²) in [5.41, 5.74) is 0.387. The van der Waals surface area contributed by atoms with Gasteiger partial charge in [-0.05, 0) is 24.5 Å². The summed E-state index contributed by atoms with van der Waals surface area (Å²) in [7, 11) is -4.28. The summed E-state index contributed by atoms with van der Waals surface area (Å²) in [6, 6.07) is 1.81. The SMILES string of the molecule is O=S(=O)(c1ccc(CO)cn1)N(CC(F)(F)F)C1CC1. The van der Waals surface area contributed by atoms with Crippen LogP contribution in [0.4, 0.5) is 13.2 Å². The van der Waals surface area contributed by atoms with E-state index in [1.54, 1.807) is 0 Å². The highest BCUT2D eigenvalue weighted by atomic mass is 32.2. The molecule has 0 saturated heterocycles. The highest BCUT2D eigenvalue weighted by molar-refractivity contribution is 7.89. The predicted molar refractivity (Wildman–Crippen MR) is 63.1 cm³/mol. The zero-order valence-electron chi connectivity index (χ0n) is 10.3. The van der Waals surface area contributed by atoms with Gasteiger partial charge in [-0.25, -0.2) is 13.4 Å². The van der Waals surface area contributed by atoms with Crippen molar-refractivity contribution in [2.45, 2.75) is 36.7 Å². The monoisotopic (exact) mass is 310 g/mol. The first kappa shape index (κ1) is 15.2. The van der Waals surface area contributed by atoms with Gasteiger partial charge in [0.1, 0.15) is 6.54 Å². The Morgan fingerprint density at radius 3 is 2.40 bits per heavy atom. The number of hydrogen-bond donors (Lipinski definition) is 1. The van der Waals surface area contributed by atoms with Crippen molar-refractivity contribution in [2.24, 2.45) is 0 Å². The lowest BCUT2D eigenvalue weighted by Gasteiger charge is -2.22. The number of rotatable bonds is 5. The van der Waals surface area contributed by atoms with Crippen LogP contribution in [-0.2, 0) is 16.6 Å². The first-order valence-electron chi connectivity index (χ1n) is 5.88. The highest BCUT2D eigenvalue weighted by Crippen LogP contribution is 2.34. The van der Waals surface area contributed by atoms with Gasteiger partial charge in [0.25, 0.3) is 10.0 Å². The number of aromatic nitrogens is 1. The average molecular weight is 310 g/mol. The summed E-state index contributed by atoms with van der Waals surface area (Å²) < 4.78 is 62.3. The molecule has 0 bridgehead atoms. The molecule has 1 aliphatic rings. The summed E-state index contributed by atoms with van der Waals surface area (Å²) >= 11 is 0. The third-order valence-corrected chi connectivity index (χ3v) is 4.66. The van der Waals surface area contributed by atoms with Gasteiger partial charge in [0.05, 0.1) is 6.61 Å². The van der Waals surface area contributed by atoms with Gasteiger partial charge < -0.3 is 5.11 Å². The van der Waals surface area contributed by atoms with Crippen LogP contribution >= 0.6 is 0 Å². The molecule has 1 saturated carbocycles. The van der Waals surface area contributed by atoms with E-state index in [0.29, 0.717) is 22.7 Å². The highest BCUT2D eigenvalue weighted by Gasteiger charge is 2.45. The Bertz CT molecular complexity index is 568.